The Morgan fingerprint density at radius 2 is 1.97 bits per heavy atom. The molecule has 4 aliphatic rings. The number of hydrogen-bond donors (Lipinski definition) is 2. The molecule has 3 heterocycles. The Bertz CT molecular complexity index is 1100. The SMILES string of the molecule is O=C(CSc1ccccc1)N[C@@H]1C(=O)N2C(C(=O)O)=C(C=C3CCN(CC4CC4)C3=O)CS[C@H]12. The average Bonchev–Trinajstić information content (AvgIpc) is 3.60. The number of nitrogens with one attached hydrogen (secondary N) is 1. The predicted molar refractivity (Wildman–Crippen MR) is 129 cm³/mol. The molecule has 3 amide bonds. The van der Waals surface area contributed by atoms with Crippen LogP contribution in [0.3, 0.4) is 0 Å². The molecule has 0 bridgehead atoms. The minimum absolute atomic E-state index is 0.0349. The van der Waals surface area contributed by atoms with Crippen molar-refractivity contribution in [2.75, 3.05) is 24.6 Å². The highest BCUT2D eigenvalue weighted by molar-refractivity contribution is 8.00. The Morgan fingerprint density at radius 3 is 2.68 bits per heavy atom. The van der Waals surface area contributed by atoms with Gasteiger partial charge in [-0.05, 0) is 49.0 Å². The van der Waals surface area contributed by atoms with Crippen molar-refractivity contribution in [2.45, 2.75) is 35.6 Å². The smallest absolute Gasteiger partial charge is 0.352 e. The van der Waals surface area contributed by atoms with Crippen LogP contribution in [0.25, 0.3) is 0 Å². The van der Waals surface area contributed by atoms with Gasteiger partial charge >= 0.3 is 5.97 Å². The molecule has 0 spiro atoms. The average molecular weight is 500 g/mol. The molecular weight excluding hydrogens is 474 g/mol. The zero-order valence-corrected chi connectivity index (χ0v) is 20.1. The number of carboxylic acids is 1. The summed E-state index contributed by atoms with van der Waals surface area (Å²) in [6, 6.07) is 8.75. The molecule has 0 radical (unpaired) electrons. The van der Waals surface area contributed by atoms with Gasteiger partial charge in [0.2, 0.25) is 11.8 Å². The van der Waals surface area contributed by atoms with Gasteiger partial charge in [0, 0.05) is 29.3 Å². The summed E-state index contributed by atoms with van der Waals surface area (Å²) in [7, 11) is 0. The predicted octanol–water partition coefficient (Wildman–Crippen LogP) is 2.09. The zero-order chi connectivity index (χ0) is 23.8. The van der Waals surface area contributed by atoms with Crippen molar-refractivity contribution in [2.24, 2.45) is 5.92 Å². The number of carbonyl (C=O) groups is 4. The summed E-state index contributed by atoms with van der Waals surface area (Å²) in [6.45, 7) is 1.43. The molecule has 1 aliphatic carbocycles. The minimum Gasteiger partial charge on any atom is -0.477 e. The summed E-state index contributed by atoms with van der Waals surface area (Å²) in [5.41, 5.74) is 0.992. The lowest BCUT2D eigenvalue weighted by Crippen LogP contribution is -2.70. The minimum atomic E-state index is -1.20. The number of benzene rings is 1. The van der Waals surface area contributed by atoms with Crippen molar-refractivity contribution in [1.29, 1.82) is 0 Å². The van der Waals surface area contributed by atoms with Gasteiger partial charge < -0.3 is 15.3 Å². The molecule has 2 saturated heterocycles. The van der Waals surface area contributed by atoms with Crippen LogP contribution >= 0.6 is 23.5 Å². The maximum atomic E-state index is 12.8. The topological polar surface area (TPSA) is 107 Å². The van der Waals surface area contributed by atoms with E-state index in [9.17, 15) is 24.3 Å². The zero-order valence-electron chi connectivity index (χ0n) is 18.4. The van der Waals surface area contributed by atoms with Gasteiger partial charge in [-0.2, -0.15) is 0 Å². The number of β-lactam (4-membered cyclic amide) rings is 1. The van der Waals surface area contributed by atoms with E-state index in [1.165, 1.54) is 28.4 Å². The highest BCUT2D eigenvalue weighted by Crippen LogP contribution is 2.41. The number of hydrogen-bond acceptors (Lipinski definition) is 6. The summed E-state index contributed by atoms with van der Waals surface area (Å²) >= 11 is 2.79. The molecule has 10 heteroatoms. The lowest BCUT2D eigenvalue weighted by Gasteiger charge is -2.49. The van der Waals surface area contributed by atoms with Crippen LogP contribution in [0.5, 0.6) is 0 Å². The van der Waals surface area contributed by atoms with E-state index in [-0.39, 0.29) is 23.3 Å². The monoisotopic (exact) mass is 499 g/mol. The van der Waals surface area contributed by atoms with E-state index in [4.69, 9.17) is 0 Å². The first-order chi connectivity index (χ1) is 16.4. The number of amides is 3. The summed E-state index contributed by atoms with van der Waals surface area (Å²) in [6.07, 6.45) is 4.57. The Kier molecular flexibility index (Phi) is 6.44. The van der Waals surface area contributed by atoms with Crippen LogP contribution in [0.15, 0.2) is 58.1 Å². The van der Waals surface area contributed by atoms with Crippen LogP contribution in [0.4, 0.5) is 0 Å². The first-order valence-corrected chi connectivity index (χ1v) is 13.3. The second-order valence-electron chi connectivity index (χ2n) is 8.85. The molecule has 2 atom stereocenters. The molecule has 8 nitrogen and oxygen atoms in total. The van der Waals surface area contributed by atoms with Gasteiger partial charge in [0.05, 0.1) is 5.75 Å². The van der Waals surface area contributed by atoms with E-state index in [0.29, 0.717) is 35.8 Å². The van der Waals surface area contributed by atoms with Crippen LogP contribution in [0.1, 0.15) is 19.3 Å². The van der Waals surface area contributed by atoms with E-state index < -0.39 is 23.3 Å². The molecular formula is C24H25N3O5S2. The summed E-state index contributed by atoms with van der Waals surface area (Å²) in [4.78, 5) is 54.1. The Labute approximate surface area is 205 Å². The van der Waals surface area contributed by atoms with E-state index in [1.54, 1.807) is 6.08 Å². The highest BCUT2D eigenvalue weighted by atomic mass is 32.2. The third-order valence-electron chi connectivity index (χ3n) is 6.37. The molecule has 1 aromatic carbocycles. The molecule has 1 aromatic rings. The van der Waals surface area contributed by atoms with Crippen LogP contribution < -0.4 is 5.32 Å². The Morgan fingerprint density at radius 1 is 1.21 bits per heavy atom. The van der Waals surface area contributed by atoms with Gasteiger partial charge in [-0.1, -0.05) is 18.2 Å². The number of carboxylic acid groups (broad SMARTS) is 1. The molecule has 0 unspecified atom stereocenters. The molecule has 0 aromatic heterocycles. The van der Waals surface area contributed by atoms with E-state index in [1.807, 2.05) is 35.2 Å². The van der Waals surface area contributed by atoms with Crippen molar-refractivity contribution in [3.8, 4) is 0 Å². The van der Waals surface area contributed by atoms with E-state index in [2.05, 4.69) is 5.32 Å². The van der Waals surface area contributed by atoms with Gasteiger partial charge in [-0.15, -0.1) is 23.5 Å². The molecule has 3 fully saturated rings. The van der Waals surface area contributed by atoms with Crippen molar-refractivity contribution < 1.29 is 24.3 Å². The van der Waals surface area contributed by atoms with Crippen molar-refractivity contribution in [3.05, 3.63) is 53.3 Å². The fourth-order valence-corrected chi connectivity index (χ4v) is 6.47. The standard InChI is InChI=1S/C24H25N3O5S2/c28-18(13-33-17-4-2-1-3-5-17)25-19-22(30)27-20(24(31)32)16(12-34-23(19)27)10-15-8-9-26(21(15)29)11-14-6-7-14/h1-5,10,14,19,23H,6-9,11-13H2,(H,25,28)(H,31,32)/t19-,23-/m1/s1. The molecule has 3 aliphatic heterocycles. The summed E-state index contributed by atoms with van der Waals surface area (Å²) < 4.78 is 0. The number of thioether (sulfide) groups is 2. The summed E-state index contributed by atoms with van der Waals surface area (Å²) in [5.74, 6) is -0.808. The lowest BCUT2D eigenvalue weighted by molar-refractivity contribution is -0.150. The fourth-order valence-electron chi connectivity index (χ4n) is 4.43. The maximum Gasteiger partial charge on any atom is 0.352 e. The molecule has 1 saturated carbocycles. The molecule has 2 N–H and O–H groups in total. The van der Waals surface area contributed by atoms with Crippen molar-refractivity contribution in [3.63, 3.8) is 0 Å². The normalized spacial score (nSPS) is 25.5. The van der Waals surface area contributed by atoms with Gasteiger partial charge in [0.1, 0.15) is 17.1 Å². The number of aliphatic carboxylic acids is 1. The van der Waals surface area contributed by atoms with Crippen LogP contribution in [-0.4, -0.2) is 74.6 Å². The van der Waals surface area contributed by atoms with Crippen molar-refractivity contribution >= 4 is 47.2 Å². The number of rotatable bonds is 8. The van der Waals surface area contributed by atoms with Crippen molar-refractivity contribution in [1.82, 2.24) is 15.1 Å². The lowest BCUT2D eigenvalue weighted by atomic mass is 10.0. The number of fused-ring (bicyclic) bond motifs is 1. The van der Waals surface area contributed by atoms with Gasteiger partial charge in [0.15, 0.2) is 0 Å². The van der Waals surface area contributed by atoms with Crippen LogP contribution in [-0.2, 0) is 19.2 Å². The van der Waals surface area contributed by atoms with E-state index in [0.717, 1.165) is 24.3 Å². The third-order valence-corrected chi connectivity index (χ3v) is 8.68. The van der Waals surface area contributed by atoms with Gasteiger partial charge in [0.25, 0.3) is 5.91 Å². The summed E-state index contributed by atoms with van der Waals surface area (Å²) in [5, 5.41) is 12.2. The maximum absolute atomic E-state index is 12.8. The quantitative estimate of drug-likeness (QED) is 0.320. The van der Waals surface area contributed by atoms with Gasteiger partial charge in [-0.3, -0.25) is 19.3 Å². The first kappa shape index (κ1) is 23.0. The number of allylic oxidation sites excluding steroid dienone is 1. The molecule has 34 heavy (non-hydrogen) atoms. The molecule has 5 rings (SSSR count). The number of carbonyl (C=O) groups excluding carboxylic acids is 3. The molecule has 178 valence electrons. The highest BCUT2D eigenvalue weighted by Gasteiger charge is 2.54. The first-order valence-electron chi connectivity index (χ1n) is 11.3. The second-order valence-corrected chi connectivity index (χ2v) is 11.0. The number of nitrogens with zero attached hydrogens (tertiary/aromatic N) is 2. The van der Waals surface area contributed by atoms with Gasteiger partial charge in [-0.25, -0.2) is 4.79 Å². The largest absolute Gasteiger partial charge is 0.477 e. The Hall–Kier alpha value is -2.72. The number of likely N-dealkylation sites (tertiary alicyclic amines) is 1. The third kappa shape index (κ3) is 4.61. The fraction of sp³-hybridized carbons (Fsp3) is 0.417. The second kappa shape index (κ2) is 9.50. The Balaban J connectivity index is 1.25. The van der Waals surface area contributed by atoms with Crippen LogP contribution in [0, 0.1) is 5.92 Å². The van der Waals surface area contributed by atoms with E-state index >= 15 is 0 Å². The van der Waals surface area contributed by atoms with Crippen LogP contribution in [0.2, 0.25) is 0 Å².